The minimum Gasteiger partial charge on any atom is -0.379 e. The molecule has 3 heterocycles. The molecule has 7 heteroatoms. The third-order valence-corrected chi connectivity index (χ3v) is 3.98. The van der Waals surface area contributed by atoms with Gasteiger partial charge in [0.2, 0.25) is 0 Å². The van der Waals surface area contributed by atoms with Crippen LogP contribution < -0.4 is 5.32 Å². The van der Waals surface area contributed by atoms with E-state index in [1.165, 1.54) is 0 Å². The average Bonchev–Trinajstić information content (AvgIpc) is 3.11. The summed E-state index contributed by atoms with van der Waals surface area (Å²) in [5, 5.41) is 9.87. The van der Waals surface area contributed by atoms with Crippen molar-refractivity contribution in [1.82, 2.24) is 25.4 Å². The number of nitrogens with one attached hydrogen (secondary N) is 2. The summed E-state index contributed by atoms with van der Waals surface area (Å²) in [4.78, 5) is 18.8. The lowest BCUT2D eigenvalue weighted by molar-refractivity contribution is 0.0204. The lowest BCUT2D eigenvalue weighted by atomic mass is 10.2. The number of nitrogens with zero attached hydrogens (tertiary/aromatic N) is 3. The van der Waals surface area contributed by atoms with Crippen LogP contribution in [0.1, 0.15) is 17.4 Å². The van der Waals surface area contributed by atoms with Crippen LogP contribution in [0.4, 0.5) is 0 Å². The summed E-state index contributed by atoms with van der Waals surface area (Å²) in [7, 11) is 0. The highest BCUT2D eigenvalue weighted by atomic mass is 16.5. The molecule has 23 heavy (non-hydrogen) atoms. The molecule has 1 amide bonds. The zero-order valence-corrected chi connectivity index (χ0v) is 13.2. The summed E-state index contributed by atoms with van der Waals surface area (Å²) in [6.07, 6.45) is 1.70. The predicted molar refractivity (Wildman–Crippen MR) is 86.0 cm³/mol. The molecule has 2 aromatic rings. The number of H-pyrrole nitrogens is 1. The molecule has 0 unspecified atom stereocenters. The highest BCUT2D eigenvalue weighted by Gasteiger charge is 2.18. The van der Waals surface area contributed by atoms with Crippen LogP contribution in [0.5, 0.6) is 0 Å². The van der Waals surface area contributed by atoms with Gasteiger partial charge >= 0.3 is 0 Å². The van der Waals surface area contributed by atoms with Crippen LogP contribution >= 0.6 is 0 Å². The molecule has 1 fully saturated rings. The molecular weight excluding hydrogens is 294 g/mol. The van der Waals surface area contributed by atoms with E-state index in [9.17, 15) is 4.79 Å². The van der Waals surface area contributed by atoms with Crippen LogP contribution in [-0.4, -0.2) is 64.9 Å². The van der Waals surface area contributed by atoms with E-state index in [4.69, 9.17) is 4.74 Å². The van der Waals surface area contributed by atoms with Gasteiger partial charge in [-0.05, 0) is 25.1 Å². The van der Waals surface area contributed by atoms with E-state index in [0.29, 0.717) is 17.9 Å². The van der Waals surface area contributed by atoms with Crippen LogP contribution in [0.25, 0.3) is 11.4 Å². The first-order valence-electron chi connectivity index (χ1n) is 7.81. The van der Waals surface area contributed by atoms with Crippen molar-refractivity contribution in [3.8, 4) is 11.4 Å². The lowest BCUT2D eigenvalue weighted by Gasteiger charge is -2.32. The smallest absolute Gasteiger partial charge is 0.269 e. The molecule has 0 bridgehead atoms. The van der Waals surface area contributed by atoms with E-state index in [0.717, 1.165) is 32.0 Å². The van der Waals surface area contributed by atoms with Gasteiger partial charge in [0.15, 0.2) is 0 Å². The molecule has 1 saturated heterocycles. The van der Waals surface area contributed by atoms with Gasteiger partial charge in [-0.15, -0.1) is 0 Å². The quantitative estimate of drug-likeness (QED) is 0.857. The SMILES string of the molecule is C[C@@H](CNC(=O)c1cc(-c2ccccn2)n[nH]1)N1CCOCC1. The minimum atomic E-state index is -0.153. The summed E-state index contributed by atoms with van der Waals surface area (Å²) >= 11 is 0. The largest absolute Gasteiger partial charge is 0.379 e. The van der Waals surface area contributed by atoms with Gasteiger partial charge in [0.25, 0.3) is 5.91 Å². The van der Waals surface area contributed by atoms with Crippen molar-refractivity contribution in [1.29, 1.82) is 0 Å². The first-order chi connectivity index (χ1) is 11.2. The van der Waals surface area contributed by atoms with Gasteiger partial charge in [0.1, 0.15) is 11.4 Å². The molecule has 1 atom stereocenters. The van der Waals surface area contributed by atoms with Crippen LogP contribution in [0.15, 0.2) is 30.5 Å². The van der Waals surface area contributed by atoms with Crippen molar-refractivity contribution in [3.63, 3.8) is 0 Å². The Hall–Kier alpha value is -2.25. The van der Waals surface area contributed by atoms with E-state index < -0.39 is 0 Å². The third kappa shape index (κ3) is 3.94. The second-order valence-corrected chi connectivity index (χ2v) is 5.59. The van der Waals surface area contributed by atoms with Gasteiger partial charge < -0.3 is 10.1 Å². The van der Waals surface area contributed by atoms with Crippen molar-refractivity contribution in [3.05, 3.63) is 36.2 Å². The van der Waals surface area contributed by atoms with E-state index >= 15 is 0 Å². The van der Waals surface area contributed by atoms with Crippen LogP contribution in [0.2, 0.25) is 0 Å². The number of aromatic nitrogens is 3. The highest BCUT2D eigenvalue weighted by Crippen LogP contribution is 2.14. The number of morpholine rings is 1. The van der Waals surface area contributed by atoms with Crippen LogP contribution in [0.3, 0.4) is 0 Å². The second kappa shape index (κ2) is 7.34. The fraction of sp³-hybridized carbons (Fsp3) is 0.438. The number of hydrogen-bond acceptors (Lipinski definition) is 5. The van der Waals surface area contributed by atoms with Crippen molar-refractivity contribution in [2.24, 2.45) is 0 Å². The van der Waals surface area contributed by atoms with Crippen molar-refractivity contribution >= 4 is 5.91 Å². The fourth-order valence-electron chi connectivity index (χ4n) is 2.57. The normalized spacial score (nSPS) is 16.9. The molecule has 2 aromatic heterocycles. The van der Waals surface area contributed by atoms with Gasteiger partial charge in [-0.3, -0.25) is 19.8 Å². The summed E-state index contributed by atoms with van der Waals surface area (Å²) in [5.74, 6) is -0.153. The van der Waals surface area contributed by atoms with E-state index in [-0.39, 0.29) is 11.9 Å². The van der Waals surface area contributed by atoms with E-state index in [1.807, 2.05) is 18.2 Å². The molecule has 1 aliphatic heterocycles. The number of pyridine rings is 1. The Labute approximate surface area is 135 Å². The minimum absolute atomic E-state index is 0.153. The van der Waals surface area contributed by atoms with E-state index in [2.05, 4.69) is 32.3 Å². The van der Waals surface area contributed by atoms with Crippen molar-refractivity contribution in [2.45, 2.75) is 13.0 Å². The molecule has 2 N–H and O–H groups in total. The summed E-state index contributed by atoms with van der Waals surface area (Å²) in [6, 6.07) is 7.59. The molecule has 0 radical (unpaired) electrons. The predicted octanol–water partition coefficient (Wildman–Crippen LogP) is 0.922. The number of hydrogen-bond donors (Lipinski definition) is 2. The Morgan fingerprint density at radius 3 is 2.96 bits per heavy atom. The van der Waals surface area contributed by atoms with Crippen molar-refractivity contribution in [2.75, 3.05) is 32.8 Å². The molecule has 122 valence electrons. The molecule has 0 aliphatic carbocycles. The zero-order chi connectivity index (χ0) is 16.1. The molecule has 3 rings (SSSR count). The highest BCUT2D eigenvalue weighted by molar-refractivity contribution is 5.93. The van der Waals surface area contributed by atoms with Gasteiger partial charge in [-0.25, -0.2) is 0 Å². The lowest BCUT2D eigenvalue weighted by Crippen LogP contribution is -2.47. The number of aromatic amines is 1. The molecule has 1 aliphatic rings. The Balaban J connectivity index is 1.55. The maximum absolute atomic E-state index is 12.2. The zero-order valence-electron chi connectivity index (χ0n) is 13.2. The molecule has 0 saturated carbocycles. The Bertz CT molecular complexity index is 637. The summed E-state index contributed by atoms with van der Waals surface area (Å²) in [5.41, 5.74) is 1.85. The Morgan fingerprint density at radius 1 is 1.39 bits per heavy atom. The number of rotatable bonds is 5. The standard InChI is InChI=1S/C16H21N5O2/c1-12(21-6-8-23-9-7-21)11-18-16(22)15-10-14(19-20-15)13-4-2-3-5-17-13/h2-5,10,12H,6-9,11H2,1H3,(H,18,22)(H,19,20)/t12-/m0/s1. The number of amides is 1. The van der Waals surface area contributed by atoms with Crippen LogP contribution in [-0.2, 0) is 4.74 Å². The molecule has 7 nitrogen and oxygen atoms in total. The van der Waals surface area contributed by atoms with Crippen LogP contribution in [0, 0.1) is 0 Å². The monoisotopic (exact) mass is 315 g/mol. The van der Waals surface area contributed by atoms with Crippen molar-refractivity contribution < 1.29 is 9.53 Å². The number of carbonyl (C=O) groups excluding carboxylic acids is 1. The fourth-order valence-corrected chi connectivity index (χ4v) is 2.57. The van der Waals surface area contributed by atoms with Gasteiger partial charge in [0.05, 0.1) is 18.9 Å². The van der Waals surface area contributed by atoms with Gasteiger partial charge in [-0.1, -0.05) is 6.07 Å². The van der Waals surface area contributed by atoms with Gasteiger partial charge in [-0.2, -0.15) is 5.10 Å². The molecule has 0 aromatic carbocycles. The molecular formula is C16H21N5O2. The maximum atomic E-state index is 12.2. The topological polar surface area (TPSA) is 83.1 Å². The number of ether oxygens (including phenoxy) is 1. The Kier molecular flexibility index (Phi) is 4.99. The first kappa shape index (κ1) is 15.6. The summed E-state index contributed by atoms with van der Waals surface area (Å²) in [6.45, 7) is 6.03. The first-order valence-corrected chi connectivity index (χ1v) is 7.81. The third-order valence-electron chi connectivity index (χ3n) is 3.98. The van der Waals surface area contributed by atoms with E-state index in [1.54, 1.807) is 12.3 Å². The average molecular weight is 315 g/mol. The Morgan fingerprint density at radius 2 is 2.22 bits per heavy atom. The number of carbonyl (C=O) groups is 1. The maximum Gasteiger partial charge on any atom is 0.269 e. The second-order valence-electron chi connectivity index (χ2n) is 5.59. The van der Waals surface area contributed by atoms with Gasteiger partial charge in [0, 0.05) is 31.9 Å². The summed E-state index contributed by atoms with van der Waals surface area (Å²) < 4.78 is 5.34. The molecule has 0 spiro atoms.